The lowest BCUT2D eigenvalue weighted by Crippen LogP contribution is -2.38. The Morgan fingerprint density at radius 2 is 1.77 bits per heavy atom. The van der Waals surface area contributed by atoms with Crippen LogP contribution in [-0.4, -0.2) is 50.2 Å². The van der Waals surface area contributed by atoms with Crippen molar-refractivity contribution in [3.05, 3.63) is 64.7 Å². The molecule has 0 aromatic heterocycles. The quantitative estimate of drug-likeness (QED) is 0.650. The maximum atomic E-state index is 12.6. The Morgan fingerprint density at radius 1 is 1.13 bits per heavy atom. The molecule has 1 aliphatic heterocycles. The number of nitrogens with zero attached hydrogens (tertiary/aromatic N) is 2. The van der Waals surface area contributed by atoms with Gasteiger partial charge in [0, 0.05) is 31.7 Å². The van der Waals surface area contributed by atoms with Crippen molar-refractivity contribution < 1.29 is 13.2 Å². The molecule has 1 heterocycles. The zero-order chi connectivity index (χ0) is 22.4. The Bertz CT molecular complexity index is 978. The first-order valence-corrected chi connectivity index (χ1v) is 12.3. The van der Waals surface area contributed by atoms with Crippen LogP contribution in [0.3, 0.4) is 0 Å². The minimum atomic E-state index is -3.75. The van der Waals surface area contributed by atoms with E-state index in [2.05, 4.69) is 29.3 Å². The summed E-state index contributed by atoms with van der Waals surface area (Å²) in [7, 11) is -2.36. The van der Waals surface area contributed by atoms with E-state index in [1.807, 2.05) is 12.1 Å². The number of carbonyl (C=O) groups excluding carboxylic acids is 1. The molecule has 1 N–H and O–H groups in total. The molecule has 0 spiro atoms. The number of likely N-dealkylation sites (tertiary alicyclic amines) is 1. The van der Waals surface area contributed by atoms with E-state index >= 15 is 0 Å². The molecule has 0 saturated carbocycles. The predicted octanol–water partition coefficient (Wildman–Crippen LogP) is 3.51. The van der Waals surface area contributed by atoms with Gasteiger partial charge in [0.15, 0.2) is 0 Å². The van der Waals surface area contributed by atoms with Gasteiger partial charge in [0.1, 0.15) is 0 Å². The lowest BCUT2D eigenvalue weighted by atomic mass is 9.99. The van der Waals surface area contributed by atoms with E-state index in [1.54, 1.807) is 0 Å². The molecule has 1 atom stereocenters. The molecule has 2 aromatic rings. The highest BCUT2D eigenvalue weighted by Crippen LogP contribution is 2.19. The third-order valence-corrected chi connectivity index (χ3v) is 7.62. The van der Waals surface area contributed by atoms with E-state index in [9.17, 15) is 13.2 Å². The van der Waals surface area contributed by atoms with Gasteiger partial charge in [0.25, 0.3) is 0 Å². The highest BCUT2D eigenvalue weighted by atomic mass is 35.5. The van der Waals surface area contributed by atoms with Gasteiger partial charge in [0.2, 0.25) is 15.9 Å². The van der Waals surface area contributed by atoms with Crippen molar-refractivity contribution in [2.75, 3.05) is 26.7 Å². The molecule has 1 fully saturated rings. The van der Waals surface area contributed by atoms with Crippen LogP contribution in [0.5, 0.6) is 0 Å². The number of piperidine rings is 1. The molecule has 0 bridgehead atoms. The summed E-state index contributed by atoms with van der Waals surface area (Å²) in [5.41, 5.74) is 2.24. The molecule has 6 nitrogen and oxygen atoms in total. The lowest BCUT2D eigenvalue weighted by Gasteiger charge is -2.30. The fourth-order valence-corrected chi connectivity index (χ4v) is 5.03. The molecule has 0 aliphatic carbocycles. The summed E-state index contributed by atoms with van der Waals surface area (Å²) in [6, 6.07) is 14.1. The number of hydrogen-bond acceptors (Lipinski definition) is 4. The van der Waals surface area contributed by atoms with Gasteiger partial charge < -0.3 is 5.32 Å². The third-order valence-electron chi connectivity index (χ3n) is 5.55. The molecule has 1 amide bonds. The van der Waals surface area contributed by atoms with E-state index in [4.69, 9.17) is 11.6 Å². The minimum Gasteiger partial charge on any atom is -0.351 e. The van der Waals surface area contributed by atoms with Crippen molar-refractivity contribution >= 4 is 27.5 Å². The smallest absolute Gasteiger partial charge is 0.243 e. The molecular formula is C23H30ClN3O3S. The molecular weight excluding hydrogens is 434 g/mol. The number of amides is 1. The van der Waals surface area contributed by atoms with Crippen LogP contribution in [0.2, 0.25) is 5.02 Å². The lowest BCUT2D eigenvalue weighted by molar-refractivity contribution is -0.121. The van der Waals surface area contributed by atoms with Gasteiger partial charge in [-0.3, -0.25) is 9.69 Å². The fourth-order valence-electron chi connectivity index (χ4n) is 3.78. The first-order chi connectivity index (χ1) is 14.7. The summed E-state index contributed by atoms with van der Waals surface area (Å²) in [5.74, 6) is 0.399. The number of nitrogens with one attached hydrogen (secondary N) is 1. The monoisotopic (exact) mass is 463 g/mol. The van der Waals surface area contributed by atoms with Crippen LogP contribution < -0.4 is 5.32 Å². The second kappa shape index (κ2) is 10.6. The highest BCUT2D eigenvalue weighted by Gasteiger charge is 2.22. The first-order valence-electron chi connectivity index (χ1n) is 10.5. The first kappa shape index (κ1) is 23.7. The van der Waals surface area contributed by atoms with Crippen LogP contribution in [0.1, 0.15) is 30.9 Å². The normalized spacial score (nSPS) is 17.6. The van der Waals surface area contributed by atoms with Crippen LogP contribution in [0, 0.1) is 5.92 Å². The standard InChI is InChI=1S/C23H30ClN3O3S/c1-18-4-3-13-27(15-18)16-20-7-5-19(6-8-20)14-25-23(28)17-26(2)31(29,30)22-11-9-21(24)10-12-22/h5-12,18H,3-4,13-17H2,1-2H3,(H,25,28). The van der Waals surface area contributed by atoms with Gasteiger partial charge in [-0.05, 0) is 60.7 Å². The maximum absolute atomic E-state index is 12.6. The van der Waals surface area contributed by atoms with Gasteiger partial charge in [0.05, 0.1) is 11.4 Å². The molecule has 2 aromatic carbocycles. The zero-order valence-corrected chi connectivity index (χ0v) is 19.6. The van der Waals surface area contributed by atoms with E-state index < -0.39 is 10.0 Å². The summed E-state index contributed by atoms with van der Waals surface area (Å²) < 4.78 is 26.2. The Kier molecular flexibility index (Phi) is 8.11. The van der Waals surface area contributed by atoms with Crippen molar-refractivity contribution in [3.8, 4) is 0 Å². The SMILES string of the molecule is CC1CCCN(Cc2ccc(CNC(=O)CN(C)S(=O)(=O)c3ccc(Cl)cc3)cc2)C1. The molecule has 8 heteroatoms. The van der Waals surface area contributed by atoms with Crippen molar-refractivity contribution in [2.45, 2.75) is 37.8 Å². The van der Waals surface area contributed by atoms with Gasteiger partial charge >= 0.3 is 0 Å². The predicted molar refractivity (Wildman–Crippen MR) is 123 cm³/mol. The minimum absolute atomic E-state index is 0.103. The number of benzene rings is 2. The molecule has 1 saturated heterocycles. The van der Waals surface area contributed by atoms with E-state index in [0.29, 0.717) is 11.6 Å². The summed E-state index contributed by atoms with van der Waals surface area (Å²) in [6.07, 6.45) is 2.57. The Morgan fingerprint density at radius 3 is 2.42 bits per heavy atom. The van der Waals surface area contributed by atoms with E-state index in [1.165, 1.54) is 49.7 Å². The van der Waals surface area contributed by atoms with Gasteiger partial charge in [-0.25, -0.2) is 8.42 Å². The topological polar surface area (TPSA) is 69.7 Å². The number of sulfonamides is 1. The van der Waals surface area contributed by atoms with Crippen LogP contribution >= 0.6 is 11.6 Å². The van der Waals surface area contributed by atoms with Crippen LogP contribution in [-0.2, 0) is 27.9 Å². The maximum Gasteiger partial charge on any atom is 0.243 e. The molecule has 0 radical (unpaired) electrons. The molecule has 168 valence electrons. The third kappa shape index (κ3) is 6.77. The molecule has 31 heavy (non-hydrogen) atoms. The number of carbonyl (C=O) groups is 1. The molecule has 1 unspecified atom stereocenters. The summed E-state index contributed by atoms with van der Waals surface area (Å²) >= 11 is 5.81. The average Bonchev–Trinajstić information content (AvgIpc) is 2.73. The fraction of sp³-hybridized carbons (Fsp3) is 0.435. The summed E-state index contributed by atoms with van der Waals surface area (Å²) in [6.45, 7) is 5.64. The average molecular weight is 464 g/mol. The highest BCUT2D eigenvalue weighted by molar-refractivity contribution is 7.89. The van der Waals surface area contributed by atoms with E-state index in [-0.39, 0.29) is 17.3 Å². The van der Waals surface area contributed by atoms with Crippen LogP contribution in [0.4, 0.5) is 0 Å². The van der Waals surface area contributed by atoms with Gasteiger partial charge in [-0.15, -0.1) is 0 Å². The Balaban J connectivity index is 1.48. The van der Waals surface area contributed by atoms with Crippen molar-refractivity contribution in [1.82, 2.24) is 14.5 Å². The largest absolute Gasteiger partial charge is 0.351 e. The Labute approximate surface area is 190 Å². The van der Waals surface area contributed by atoms with Gasteiger partial charge in [-0.1, -0.05) is 42.8 Å². The number of rotatable bonds is 8. The second-order valence-corrected chi connectivity index (χ2v) is 10.8. The van der Waals surface area contributed by atoms with Crippen LogP contribution in [0.15, 0.2) is 53.4 Å². The second-order valence-electron chi connectivity index (χ2n) is 8.29. The van der Waals surface area contributed by atoms with Crippen molar-refractivity contribution in [1.29, 1.82) is 0 Å². The number of hydrogen-bond donors (Lipinski definition) is 1. The molecule has 3 rings (SSSR count). The molecule has 1 aliphatic rings. The van der Waals surface area contributed by atoms with Crippen molar-refractivity contribution in [2.24, 2.45) is 5.92 Å². The zero-order valence-electron chi connectivity index (χ0n) is 18.1. The van der Waals surface area contributed by atoms with Crippen LogP contribution in [0.25, 0.3) is 0 Å². The number of halogens is 1. The Hall–Kier alpha value is -1.93. The number of likely N-dealkylation sites (N-methyl/N-ethyl adjacent to an activating group) is 1. The summed E-state index contributed by atoms with van der Waals surface area (Å²) in [4.78, 5) is 14.9. The van der Waals surface area contributed by atoms with Gasteiger partial charge in [-0.2, -0.15) is 4.31 Å². The van der Waals surface area contributed by atoms with Crippen molar-refractivity contribution in [3.63, 3.8) is 0 Å². The summed E-state index contributed by atoms with van der Waals surface area (Å²) in [5, 5.41) is 3.25. The van der Waals surface area contributed by atoms with E-state index in [0.717, 1.165) is 35.4 Å².